The van der Waals surface area contributed by atoms with Gasteiger partial charge in [0.1, 0.15) is 12.1 Å². The van der Waals surface area contributed by atoms with E-state index in [4.69, 9.17) is 0 Å². The molecule has 1 aromatic heterocycles. The van der Waals surface area contributed by atoms with Crippen LogP contribution in [0.1, 0.15) is 37.1 Å². The Morgan fingerprint density at radius 3 is 2.53 bits per heavy atom. The molecule has 1 atom stereocenters. The van der Waals surface area contributed by atoms with E-state index in [-0.39, 0.29) is 12.6 Å². The number of nitrogens with one attached hydrogen (secondary N) is 1. The summed E-state index contributed by atoms with van der Waals surface area (Å²) < 4.78 is 0. The fourth-order valence-corrected chi connectivity index (χ4v) is 1.87. The van der Waals surface area contributed by atoms with Gasteiger partial charge >= 0.3 is 0 Å². The number of nitrogens with zero attached hydrogens (tertiary/aromatic N) is 2. The second-order valence-electron chi connectivity index (χ2n) is 4.77. The number of rotatable bonds is 5. The van der Waals surface area contributed by atoms with E-state index in [9.17, 15) is 5.11 Å². The SMILES string of the molecule is CC(C)c1cc(NC(CO)c2ccccc2)ncn1. The number of aliphatic hydroxyl groups excluding tert-OH is 1. The minimum absolute atomic E-state index is 0.0189. The summed E-state index contributed by atoms with van der Waals surface area (Å²) in [5.74, 6) is 1.09. The maximum Gasteiger partial charge on any atom is 0.130 e. The Balaban J connectivity index is 2.17. The molecule has 0 aliphatic heterocycles. The van der Waals surface area contributed by atoms with E-state index in [1.807, 2.05) is 36.4 Å². The maximum atomic E-state index is 9.51. The monoisotopic (exact) mass is 257 g/mol. The largest absolute Gasteiger partial charge is 0.394 e. The van der Waals surface area contributed by atoms with Gasteiger partial charge in [-0.05, 0) is 11.5 Å². The topological polar surface area (TPSA) is 58.0 Å². The lowest BCUT2D eigenvalue weighted by Crippen LogP contribution is -2.16. The Morgan fingerprint density at radius 1 is 1.16 bits per heavy atom. The number of aliphatic hydroxyl groups is 1. The smallest absolute Gasteiger partial charge is 0.130 e. The van der Waals surface area contributed by atoms with E-state index in [0.717, 1.165) is 17.1 Å². The van der Waals surface area contributed by atoms with Crippen LogP contribution >= 0.6 is 0 Å². The van der Waals surface area contributed by atoms with Gasteiger partial charge in [0, 0.05) is 11.8 Å². The molecular formula is C15H19N3O. The number of anilines is 1. The minimum Gasteiger partial charge on any atom is -0.394 e. The maximum absolute atomic E-state index is 9.51. The number of aromatic nitrogens is 2. The van der Waals surface area contributed by atoms with E-state index >= 15 is 0 Å². The van der Waals surface area contributed by atoms with Crippen molar-refractivity contribution < 1.29 is 5.11 Å². The van der Waals surface area contributed by atoms with Crippen molar-refractivity contribution in [2.45, 2.75) is 25.8 Å². The molecule has 2 aromatic rings. The van der Waals surface area contributed by atoms with Gasteiger partial charge in [0.05, 0.1) is 12.6 Å². The Labute approximate surface area is 113 Å². The highest BCUT2D eigenvalue weighted by Gasteiger charge is 2.11. The third-order valence-corrected chi connectivity index (χ3v) is 2.99. The average molecular weight is 257 g/mol. The summed E-state index contributed by atoms with van der Waals surface area (Å²) in [7, 11) is 0. The first-order valence-corrected chi connectivity index (χ1v) is 6.45. The van der Waals surface area contributed by atoms with Gasteiger partial charge in [-0.15, -0.1) is 0 Å². The highest BCUT2D eigenvalue weighted by Crippen LogP contribution is 2.19. The van der Waals surface area contributed by atoms with Gasteiger partial charge in [0.15, 0.2) is 0 Å². The van der Waals surface area contributed by atoms with Crippen molar-refractivity contribution in [1.82, 2.24) is 9.97 Å². The number of hydrogen-bond acceptors (Lipinski definition) is 4. The Hall–Kier alpha value is -1.94. The molecule has 1 aromatic carbocycles. The van der Waals surface area contributed by atoms with Crippen LogP contribution in [0.3, 0.4) is 0 Å². The number of benzene rings is 1. The lowest BCUT2D eigenvalue weighted by Gasteiger charge is -2.17. The molecule has 0 radical (unpaired) electrons. The van der Waals surface area contributed by atoms with Crippen LogP contribution in [0.25, 0.3) is 0 Å². The molecule has 4 nitrogen and oxygen atoms in total. The van der Waals surface area contributed by atoms with E-state index in [1.54, 1.807) is 6.33 Å². The summed E-state index contributed by atoms with van der Waals surface area (Å²) in [6.07, 6.45) is 1.55. The zero-order valence-corrected chi connectivity index (χ0v) is 11.2. The minimum atomic E-state index is -0.156. The molecule has 1 heterocycles. The van der Waals surface area contributed by atoms with Crippen molar-refractivity contribution in [2.24, 2.45) is 0 Å². The molecule has 0 aliphatic carbocycles. The standard InChI is InChI=1S/C15H19N3O/c1-11(2)13-8-15(17-10-16-13)18-14(9-19)12-6-4-3-5-7-12/h3-8,10-11,14,19H,9H2,1-2H3,(H,16,17,18). The summed E-state index contributed by atoms with van der Waals surface area (Å²) in [6.45, 7) is 4.20. The van der Waals surface area contributed by atoms with Gasteiger partial charge in [-0.3, -0.25) is 0 Å². The second kappa shape index (κ2) is 6.29. The molecule has 0 spiro atoms. The molecule has 19 heavy (non-hydrogen) atoms. The van der Waals surface area contributed by atoms with E-state index in [2.05, 4.69) is 29.1 Å². The highest BCUT2D eigenvalue weighted by molar-refractivity contribution is 5.39. The van der Waals surface area contributed by atoms with Crippen LogP contribution in [-0.2, 0) is 0 Å². The third kappa shape index (κ3) is 3.51. The van der Waals surface area contributed by atoms with Crippen LogP contribution in [0.15, 0.2) is 42.7 Å². The molecule has 100 valence electrons. The van der Waals surface area contributed by atoms with Crippen LogP contribution in [0.2, 0.25) is 0 Å². The zero-order valence-electron chi connectivity index (χ0n) is 11.2. The van der Waals surface area contributed by atoms with Crippen molar-refractivity contribution >= 4 is 5.82 Å². The zero-order chi connectivity index (χ0) is 13.7. The van der Waals surface area contributed by atoms with Gasteiger partial charge < -0.3 is 10.4 Å². The van der Waals surface area contributed by atoms with Crippen molar-refractivity contribution in [3.8, 4) is 0 Å². The molecule has 1 unspecified atom stereocenters. The quantitative estimate of drug-likeness (QED) is 0.864. The van der Waals surface area contributed by atoms with Crippen molar-refractivity contribution in [2.75, 3.05) is 11.9 Å². The summed E-state index contributed by atoms with van der Waals surface area (Å²) in [5, 5.41) is 12.8. The van der Waals surface area contributed by atoms with Crippen molar-refractivity contribution in [3.05, 3.63) is 54.0 Å². The van der Waals surface area contributed by atoms with Gasteiger partial charge in [-0.25, -0.2) is 9.97 Å². The number of hydrogen-bond donors (Lipinski definition) is 2. The lowest BCUT2D eigenvalue weighted by molar-refractivity contribution is 0.276. The summed E-state index contributed by atoms with van der Waals surface area (Å²) in [6, 6.07) is 11.6. The normalized spacial score (nSPS) is 12.4. The molecular weight excluding hydrogens is 238 g/mol. The third-order valence-electron chi connectivity index (χ3n) is 2.99. The lowest BCUT2D eigenvalue weighted by atomic mass is 10.1. The first-order valence-electron chi connectivity index (χ1n) is 6.45. The molecule has 0 fully saturated rings. The highest BCUT2D eigenvalue weighted by atomic mass is 16.3. The summed E-state index contributed by atoms with van der Waals surface area (Å²) in [5.41, 5.74) is 2.02. The van der Waals surface area contributed by atoms with Gasteiger partial charge in [-0.1, -0.05) is 44.2 Å². The molecule has 0 saturated carbocycles. The first-order chi connectivity index (χ1) is 9.20. The van der Waals surface area contributed by atoms with Crippen LogP contribution in [0.5, 0.6) is 0 Å². The predicted molar refractivity (Wildman–Crippen MR) is 76.0 cm³/mol. The molecule has 0 bridgehead atoms. The fourth-order valence-electron chi connectivity index (χ4n) is 1.87. The van der Waals surface area contributed by atoms with Crippen molar-refractivity contribution in [1.29, 1.82) is 0 Å². The summed E-state index contributed by atoms with van der Waals surface area (Å²) in [4.78, 5) is 8.43. The molecule has 4 heteroatoms. The fraction of sp³-hybridized carbons (Fsp3) is 0.333. The van der Waals surface area contributed by atoms with Crippen molar-refractivity contribution in [3.63, 3.8) is 0 Å². The van der Waals surface area contributed by atoms with Crippen LogP contribution in [0.4, 0.5) is 5.82 Å². The summed E-state index contributed by atoms with van der Waals surface area (Å²) >= 11 is 0. The van der Waals surface area contributed by atoms with Gasteiger partial charge in [0.25, 0.3) is 0 Å². The Morgan fingerprint density at radius 2 is 1.89 bits per heavy atom. The Bertz CT molecular complexity index is 514. The molecule has 2 N–H and O–H groups in total. The van der Waals surface area contributed by atoms with Crippen LogP contribution in [-0.4, -0.2) is 21.7 Å². The Kier molecular flexibility index (Phi) is 4.47. The van der Waals surface area contributed by atoms with Crippen LogP contribution < -0.4 is 5.32 Å². The van der Waals surface area contributed by atoms with E-state index in [0.29, 0.717) is 5.92 Å². The molecule has 0 saturated heterocycles. The van der Waals surface area contributed by atoms with E-state index in [1.165, 1.54) is 0 Å². The molecule has 0 aliphatic rings. The van der Waals surface area contributed by atoms with Gasteiger partial charge in [-0.2, -0.15) is 0 Å². The van der Waals surface area contributed by atoms with Gasteiger partial charge in [0.2, 0.25) is 0 Å². The first kappa shape index (κ1) is 13.5. The van der Waals surface area contributed by atoms with Crippen LogP contribution in [0, 0.1) is 0 Å². The predicted octanol–water partition coefficient (Wildman–Crippen LogP) is 2.75. The van der Waals surface area contributed by atoms with E-state index < -0.39 is 0 Å². The molecule has 2 rings (SSSR count). The molecule has 0 amide bonds. The average Bonchev–Trinajstić information content (AvgIpc) is 2.46. The second-order valence-corrected chi connectivity index (χ2v) is 4.77.